The lowest BCUT2D eigenvalue weighted by molar-refractivity contribution is -0.127. The Morgan fingerprint density at radius 1 is 1.12 bits per heavy atom. The quantitative estimate of drug-likeness (QED) is 0.488. The van der Waals surface area contributed by atoms with Crippen molar-refractivity contribution < 1.29 is 9.59 Å². The summed E-state index contributed by atoms with van der Waals surface area (Å²) in [5.74, 6) is 1.25. The van der Waals surface area contributed by atoms with E-state index in [9.17, 15) is 9.59 Å². The Morgan fingerprint density at radius 3 is 2.62 bits per heavy atom. The molecule has 3 N–H and O–H groups in total. The van der Waals surface area contributed by atoms with Gasteiger partial charge < -0.3 is 16.0 Å². The highest BCUT2D eigenvalue weighted by molar-refractivity contribution is 7.18. The van der Waals surface area contributed by atoms with Crippen LogP contribution in [0.2, 0.25) is 0 Å². The molecule has 0 bridgehead atoms. The number of nitrogens with one attached hydrogen (secondary N) is 3. The normalized spacial score (nSPS) is 18.8. The van der Waals surface area contributed by atoms with Gasteiger partial charge in [0.15, 0.2) is 0 Å². The Kier molecular flexibility index (Phi) is 8.95. The van der Waals surface area contributed by atoms with E-state index in [4.69, 9.17) is 4.98 Å². The average Bonchev–Trinajstić information content (AvgIpc) is 3.28. The number of aryl methyl sites for hydroxylation is 1. The molecule has 2 fully saturated rings. The maximum absolute atomic E-state index is 12.9. The summed E-state index contributed by atoms with van der Waals surface area (Å²) in [6.45, 7) is 6.76. The van der Waals surface area contributed by atoms with Crippen LogP contribution in [-0.2, 0) is 16.0 Å². The molecule has 2 aliphatic rings. The fourth-order valence-corrected chi connectivity index (χ4v) is 6.28. The van der Waals surface area contributed by atoms with E-state index in [0.29, 0.717) is 31.2 Å². The summed E-state index contributed by atoms with van der Waals surface area (Å²) in [4.78, 5) is 30.3. The van der Waals surface area contributed by atoms with Crippen molar-refractivity contribution in [2.75, 3.05) is 19.6 Å². The van der Waals surface area contributed by atoms with Crippen molar-refractivity contribution in [3.63, 3.8) is 0 Å². The number of hydrogen-bond donors (Lipinski definition) is 3. The molecule has 1 atom stereocenters. The van der Waals surface area contributed by atoms with Gasteiger partial charge in [0, 0.05) is 31.3 Å². The molecule has 34 heavy (non-hydrogen) atoms. The number of amides is 2. The van der Waals surface area contributed by atoms with Crippen molar-refractivity contribution in [1.29, 1.82) is 0 Å². The van der Waals surface area contributed by atoms with Gasteiger partial charge in [-0.05, 0) is 68.3 Å². The van der Waals surface area contributed by atoms with E-state index in [1.807, 2.05) is 0 Å². The fraction of sp³-hybridized carbons (Fsp3) is 0.667. The highest BCUT2D eigenvalue weighted by atomic mass is 32.1. The van der Waals surface area contributed by atoms with E-state index in [1.54, 1.807) is 11.3 Å². The molecular formula is C27H40N4O2S. The van der Waals surface area contributed by atoms with Gasteiger partial charge in [-0.2, -0.15) is 0 Å². The molecule has 0 unspecified atom stereocenters. The third-order valence-corrected chi connectivity index (χ3v) is 8.54. The van der Waals surface area contributed by atoms with Gasteiger partial charge in [-0.3, -0.25) is 9.59 Å². The van der Waals surface area contributed by atoms with Crippen molar-refractivity contribution in [3.05, 3.63) is 28.8 Å². The van der Waals surface area contributed by atoms with Crippen LogP contribution in [0, 0.1) is 11.8 Å². The molecule has 0 spiro atoms. The molecule has 7 heteroatoms. The predicted molar refractivity (Wildman–Crippen MR) is 139 cm³/mol. The summed E-state index contributed by atoms with van der Waals surface area (Å²) < 4.78 is 1.20. The van der Waals surface area contributed by atoms with Crippen LogP contribution < -0.4 is 16.0 Å². The molecule has 2 amide bonds. The lowest BCUT2D eigenvalue weighted by Gasteiger charge is -2.32. The number of thiazole rings is 1. The standard InChI is InChI=1S/C27H40N4O2S/c1-18(2)21-8-9-22-24(16-21)34-26(31-22)11-10-25(32)30-23(19-6-4-3-5-7-19)17-29-27(33)20-12-14-28-15-13-20/h8-9,16,18-20,23,28H,3-7,10-15,17H2,1-2H3,(H,29,33)(H,30,32)/t23-/m1/s1. The summed E-state index contributed by atoms with van der Waals surface area (Å²) in [6, 6.07) is 6.48. The molecule has 2 heterocycles. The Bertz CT molecular complexity index is 961. The maximum Gasteiger partial charge on any atom is 0.223 e. The molecule has 0 radical (unpaired) electrons. The van der Waals surface area contributed by atoms with Gasteiger partial charge in [0.2, 0.25) is 11.8 Å². The fourth-order valence-electron chi connectivity index (χ4n) is 5.27. The Balaban J connectivity index is 1.32. The van der Waals surface area contributed by atoms with Crippen LogP contribution in [-0.4, -0.2) is 42.5 Å². The second-order valence-corrected chi connectivity index (χ2v) is 11.4. The lowest BCUT2D eigenvalue weighted by atomic mass is 9.83. The molecule has 1 aliphatic heterocycles. The van der Waals surface area contributed by atoms with Crippen LogP contribution in [0.25, 0.3) is 10.2 Å². The molecule has 4 rings (SSSR count). The van der Waals surface area contributed by atoms with Gasteiger partial charge in [-0.15, -0.1) is 11.3 Å². The molecular weight excluding hydrogens is 444 g/mol. The number of benzene rings is 1. The number of carbonyl (C=O) groups is 2. The van der Waals surface area contributed by atoms with Crippen molar-refractivity contribution in [1.82, 2.24) is 20.9 Å². The van der Waals surface area contributed by atoms with Crippen molar-refractivity contribution in [2.24, 2.45) is 11.8 Å². The van der Waals surface area contributed by atoms with Crippen LogP contribution in [0.15, 0.2) is 18.2 Å². The summed E-state index contributed by atoms with van der Waals surface area (Å²) in [5, 5.41) is 10.8. The SMILES string of the molecule is CC(C)c1ccc2nc(CCC(=O)N[C@H](CNC(=O)C3CCNCC3)C3CCCCC3)sc2c1. The Hall–Kier alpha value is -1.99. The van der Waals surface area contributed by atoms with Gasteiger partial charge in [0.25, 0.3) is 0 Å². The zero-order valence-corrected chi connectivity index (χ0v) is 21.5. The van der Waals surface area contributed by atoms with E-state index in [0.717, 1.165) is 49.3 Å². The number of carbonyl (C=O) groups excluding carboxylic acids is 2. The smallest absolute Gasteiger partial charge is 0.223 e. The van der Waals surface area contributed by atoms with Crippen LogP contribution in [0.3, 0.4) is 0 Å². The van der Waals surface area contributed by atoms with Crippen LogP contribution in [0.5, 0.6) is 0 Å². The molecule has 6 nitrogen and oxygen atoms in total. The molecule has 1 aromatic heterocycles. The number of nitrogens with zero attached hydrogens (tertiary/aromatic N) is 1. The number of hydrogen-bond acceptors (Lipinski definition) is 5. The van der Waals surface area contributed by atoms with Crippen molar-refractivity contribution >= 4 is 33.4 Å². The first kappa shape index (κ1) is 25.1. The number of fused-ring (bicyclic) bond motifs is 1. The average molecular weight is 485 g/mol. The van der Waals surface area contributed by atoms with E-state index >= 15 is 0 Å². The minimum Gasteiger partial charge on any atom is -0.354 e. The van der Waals surface area contributed by atoms with Gasteiger partial charge in [0.05, 0.1) is 15.2 Å². The summed E-state index contributed by atoms with van der Waals surface area (Å²) >= 11 is 1.69. The maximum atomic E-state index is 12.9. The summed E-state index contributed by atoms with van der Waals surface area (Å²) in [5.41, 5.74) is 2.34. The third-order valence-electron chi connectivity index (χ3n) is 7.46. The third kappa shape index (κ3) is 6.79. The van der Waals surface area contributed by atoms with E-state index in [2.05, 4.69) is 48.0 Å². The van der Waals surface area contributed by atoms with Crippen LogP contribution >= 0.6 is 11.3 Å². The molecule has 1 saturated heterocycles. The van der Waals surface area contributed by atoms with Gasteiger partial charge in [-0.1, -0.05) is 39.2 Å². The first-order valence-electron chi connectivity index (χ1n) is 13.2. The highest BCUT2D eigenvalue weighted by Crippen LogP contribution is 2.28. The van der Waals surface area contributed by atoms with Crippen LogP contribution in [0.4, 0.5) is 0 Å². The second-order valence-electron chi connectivity index (χ2n) is 10.3. The van der Waals surface area contributed by atoms with E-state index < -0.39 is 0 Å². The second kappa shape index (κ2) is 12.1. The topological polar surface area (TPSA) is 83.1 Å². The van der Waals surface area contributed by atoms with Crippen molar-refractivity contribution in [2.45, 2.75) is 83.6 Å². The van der Waals surface area contributed by atoms with Crippen molar-refractivity contribution in [3.8, 4) is 0 Å². The summed E-state index contributed by atoms with van der Waals surface area (Å²) in [7, 11) is 0. The van der Waals surface area contributed by atoms with E-state index in [1.165, 1.54) is 29.5 Å². The largest absolute Gasteiger partial charge is 0.354 e. The molecule has 1 aromatic carbocycles. The van der Waals surface area contributed by atoms with Gasteiger partial charge >= 0.3 is 0 Å². The first-order chi connectivity index (χ1) is 16.5. The van der Waals surface area contributed by atoms with Gasteiger partial charge in [0.1, 0.15) is 0 Å². The monoisotopic (exact) mass is 484 g/mol. The molecule has 186 valence electrons. The minimum absolute atomic E-state index is 0.0161. The zero-order chi connectivity index (χ0) is 23.9. The van der Waals surface area contributed by atoms with E-state index in [-0.39, 0.29) is 23.8 Å². The minimum atomic E-state index is 0.0161. The molecule has 2 aromatic rings. The molecule has 1 saturated carbocycles. The molecule has 1 aliphatic carbocycles. The number of rotatable bonds is 9. The lowest BCUT2D eigenvalue weighted by Crippen LogP contribution is -2.50. The van der Waals surface area contributed by atoms with Crippen LogP contribution in [0.1, 0.15) is 81.7 Å². The number of piperidine rings is 1. The number of aromatic nitrogens is 1. The first-order valence-corrected chi connectivity index (χ1v) is 14.0. The Morgan fingerprint density at radius 2 is 1.88 bits per heavy atom. The Labute approximate surface area is 207 Å². The van der Waals surface area contributed by atoms with Gasteiger partial charge in [-0.25, -0.2) is 4.98 Å². The zero-order valence-electron chi connectivity index (χ0n) is 20.7. The predicted octanol–water partition coefficient (Wildman–Crippen LogP) is 4.53. The highest BCUT2D eigenvalue weighted by Gasteiger charge is 2.27. The summed E-state index contributed by atoms with van der Waals surface area (Å²) in [6.07, 6.45) is 8.83.